The molecule has 0 aromatic carbocycles. The van der Waals surface area contributed by atoms with Crippen molar-refractivity contribution in [1.29, 1.82) is 0 Å². The zero-order chi connectivity index (χ0) is 12.3. The second-order valence-electron chi connectivity index (χ2n) is 5.48. The Balaban J connectivity index is 2.09. The van der Waals surface area contributed by atoms with Crippen molar-refractivity contribution in [3.8, 4) is 0 Å². The van der Waals surface area contributed by atoms with E-state index in [4.69, 9.17) is 0 Å². The molecule has 0 aromatic heterocycles. The number of carbonyl (C=O) groups is 1. The van der Waals surface area contributed by atoms with Gasteiger partial charge in [0.1, 0.15) is 0 Å². The second-order valence-corrected chi connectivity index (χ2v) is 5.48. The largest absolute Gasteiger partial charge is 0.338 e. The summed E-state index contributed by atoms with van der Waals surface area (Å²) in [6.07, 6.45) is 6.40. The molecule has 2 aliphatic heterocycles. The summed E-state index contributed by atoms with van der Waals surface area (Å²) < 4.78 is 0. The minimum absolute atomic E-state index is 0.129. The van der Waals surface area contributed by atoms with Crippen LogP contribution in [0.3, 0.4) is 0 Å². The summed E-state index contributed by atoms with van der Waals surface area (Å²) in [4.78, 5) is 14.8. The van der Waals surface area contributed by atoms with E-state index in [0.717, 1.165) is 51.9 Å². The number of amides is 1. The van der Waals surface area contributed by atoms with Gasteiger partial charge in [-0.2, -0.15) is 0 Å². The van der Waals surface area contributed by atoms with E-state index >= 15 is 0 Å². The number of hydrogen-bond donors (Lipinski definition) is 1. The van der Waals surface area contributed by atoms with Crippen LogP contribution in [-0.4, -0.2) is 37.0 Å². The van der Waals surface area contributed by atoms with Gasteiger partial charge in [-0.05, 0) is 39.2 Å². The fourth-order valence-corrected chi connectivity index (χ4v) is 3.02. The fourth-order valence-electron chi connectivity index (χ4n) is 3.02. The lowest BCUT2D eigenvalue weighted by molar-refractivity contribution is -0.143. The first kappa shape index (κ1) is 12.6. The molecule has 2 aliphatic rings. The molecule has 2 rings (SSSR count). The highest BCUT2D eigenvalue weighted by Crippen LogP contribution is 2.33. The maximum atomic E-state index is 12.7. The van der Waals surface area contributed by atoms with Crippen molar-refractivity contribution in [3.63, 3.8) is 0 Å². The highest BCUT2D eigenvalue weighted by Gasteiger charge is 2.40. The van der Waals surface area contributed by atoms with Gasteiger partial charge in [0.05, 0.1) is 5.41 Å². The average Bonchev–Trinajstić information content (AvgIpc) is 2.38. The van der Waals surface area contributed by atoms with Crippen LogP contribution in [0.5, 0.6) is 0 Å². The van der Waals surface area contributed by atoms with Crippen LogP contribution >= 0.6 is 0 Å². The highest BCUT2D eigenvalue weighted by atomic mass is 16.2. The normalized spacial score (nSPS) is 30.0. The highest BCUT2D eigenvalue weighted by molar-refractivity contribution is 5.83. The van der Waals surface area contributed by atoms with E-state index < -0.39 is 0 Å². The van der Waals surface area contributed by atoms with Gasteiger partial charge in [0.15, 0.2) is 0 Å². The SMILES string of the molecule is CCC1(C(=O)N2CCC=C(C)C2)CCCNC1. The molecular weight excluding hydrogens is 212 g/mol. The fraction of sp³-hybridized carbons (Fsp3) is 0.786. The van der Waals surface area contributed by atoms with Gasteiger partial charge in [-0.3, -0.25) is 4.79 Å². The maximum Gasteiger partial charge on any atom is 0.230 e. The molecule has 0 aromatic rings. The monoisotopic (exact) mass is 236 g/mol. The lowest BCUT2D eigenvalue weighted by Crippen LogP contribution is -2.52. The first-order valence-corrected chi connectivity index (χ1v) is 6.84. The van der Waals surface area contributed by atoms with Crippen LogP contribution in [0.1, 0.15) is 39.5 Å². The van der Waals surface area contributed by atoms with Crippen LogP contribution in [0, 0.1) is 5.41 Å². The number of carbonyl (C=O) groups excluding carboxylic acids is 1. The van der Waals surface area contributed by atoms with Gasteiger partial charge in [0.25, 0.3) is 0 Å². The quantitative estimate of drug-likeness (QED) is 0.743. The Morgan fingerprint density at radius 3 is 3.00 bits per heavy atom. The van der Waals surface area contributed by atoms with Crippen molar-refractivity contribution in [1.82, 2.24) is 10.2 Å². The molecule has 0 saturated carbocycles. The van der Waals surface area contributed by atoms with Crippen LogP contribution in [0.4, 0.5) is 0 Å². The molecule has 96 valence electrons. The predicted octanol–water partition coefficient (Wildman–Crippen LogP) is 1.94. The number of rotatable bonds is 2. The molecule has 3 nitrogen and oxygen atoms in total. The van der Waals surface area contributed by atoms with Crippen LogP contribution in [0.2, 0.25) is 0 Å². The third-order valence-corrected chi connectivity index (χ3v) is 4.22. The predicted molar refractivity (Wildman–Crippen MR) is 69.8 cm³/mol. The van der Waals surface area contributed by atoms with E-state index in [2.05, 4.69) is 30.1 Å². The van der Waals surface area contributed by atoms with Crippen LogP contribution in [0.15, 0.2) is 11.6 Å². The summed E-state index contributed by atoms with van der Waals surface area (Å²) in [7, 11) is 0. The third kappa shape index (κ3) is 2.54. The maximum absolute atomic E-state index is 12.7. The molecular formula is C14H24N2O. The Morgan fingerprint density at radius 1 is 1.59 bits per heavy atom. The number of nitrogens with one attached hydrogen (secondary N) is 1. The van der Waals surface area contributed by atoms with E-state index in [9.17, 15) is 4.79 Å². The van der Waals surface area contributed by atoms with Crippen molar-refractivity contribution in [2.75, 3.05) is 26.2 Å². The lowest BCUT2D eigenvalue weighted by atomic mass is 9.77. The average molecular weight is 236 g/mol. The molecule has 0 bridgehead atoms. The minimum Gasteiger partial charge on any atom is -0.338 e. The van der Waals surface area contributed by atoms with Gasteiger partial charge < -0.3 is 10.2 Å². The molecule has 1 amide bonds. The lowest BCUT2D eigenvalue weighted by Gasteiger charge is -2.40. The number of hydrogen-bond acceptors (Lipinski definition) is 2. The van der Waals surface area contributed by atoms with Crippen molar-refractivity contribution in [2.24, 2.45) is 5.41 Å². The molecule has 1 unspecified atom stereocenters. The summed E-state index contributed by atoms with van der Waals surface area (Å²) in [5.41, 5.74) is 1.20. The molecule has 17 heavy (non-hydrogen) atoms. The van der Waals surface area contributed by atoms with E-state index in [1.165, 1.54) is 5.57 Å². The molecule has 1 atom stereocenters. The van der Waals surface area contributed by atoms with Gasteiger partial charge in [-0.1, -0.05) is 18.6 Å². The third-order valence-electron chi connectivity index (χ3n) is 4.22. The molecule has 0 aliphatic carbocycles. The molecule has 1 fully saturated rings. The van der Waals surface area contributed by atoms with Crippen LogP contribution in [0.25, 0.3) is 0 Å². The number of nitrogens with zero attached hydrogens (tertiary/aromatic N) is 1. The van der Waals surface area contributed by atoms with Crippen molar-refractivity contribution in [2.45, 2.75) is 39.5 Å². The molecule has 0 radical (unpaired) electrons. The first-order valence-electron chi connectivity index (χ1n) is 6.84. The van der Waals surface area contributed by atoms with Crippen LogP contribution in [-0.2, 0) is 4.79 Å². The zero-order valence-corrected chi connectivity index (χ0v) is 11.1. The second kappa shape index (κ2) is 5.21. The minimum atomic E-state index is -0.129. The Kier molecular flexibility index (Phi) is 3.87. The summed E-state index contributed by atoms with van der Waals surface area (Å²) >= 11 is 0. The van der Waals surface area contributed by atoms with E-state index in [-0.39, 0.29) is 5.41 Å². The van der Waals surface area contributed by atoms with E-state index in [1.54, 1.807) is 0 Å². The van der Waals surface area contributed by atoms with E-state index in [1.807, 2.05) is 0 Å². The first-order chi connectivity index (χ1) is 8.18. The summed E-state index contributed by atoms with van der Waals surface area (Å²) in [6.45, 7) is 7.93. The van der Waals surface area contributed by atoms with E-state index in [0.29, 0.717) is 5.91 Å². The van der Waals surface area contributed by atoms with Gasteiger partial charge >= 0.3 is 0 Å². The molecule has 2 heterocycles. The molecule has 1 saturated heterocycles. The van der Waals surface area contributed by atoms with Gasteiger partial charge in [-0.25, -0.2) is 0 Å². The number of piperidine rings is 1. The molecule has 0 spiro atoms. The van der Waals surface area contributed by atoms with Crippen molar-refractivity contribution < 1.29 is 4.79 Å². The molecule has 3 heteroatoms. The summed E-state index contributed by atoms with van der Waals surface area (Å²) in [5.74, 6) is 0.375. The smallest absolute Gasteiger partial charge is 0.230 e. The Bertz CT molecular complexity index is 316. The Morgan fingerprint density at radius 2 is 2.41 bits per heavy atom. The summed E-state index contributed by atoms with van der Waals surface area (Å²) in [5, 5.41) is 3.40. The Hall–Kier alpha value is -0.830. The zero-order valence-electron chi connectivity index (χ0n) is 11.1. The van der Waals surface area contributed by atoms with Gasteiger partial charge in [-0.15, -0.1) is 0 Å². The van der Waals surface area contributed by atoms with Crippen molar-refractivity contribution in [3.05, 3.63) is 11.6 Å². The summed E-state index contributed by atoms with van der Waals surface area (Å²) in [6, 6.07) is 0. The van der Waals surface area contributed by atoms with Crippen molar-refractivity contribution >= 4 is 5.91 Å². The standard InChI is InChI=1S/C14H24N2O/c1-3-14(7-5-8-15-11-14)13(17)16-9-4-6-12(2)10-16/h6,15H,3-5,7-11H2,1-2H3. The molecule has 1 N–H and O–H groups in total. The van der Waals surface area contributed by atoms with Crippen LogP contribution < -0.4 is 5.32 Å². The van der Waals surface area contributed by atoms with Gasteiger partial charge in [0, 0.05) is 19.6 Å². The topological polar surface area (TPSA) is 32.3 Å². The Labute approximate surface area is 104 Å². The van der Waals surface area contributed by atoms with Gasteiger partial charge in [0.2, 0.25) is 5.91 Å².